The minimum absolute atomic E-state index is 0.0214. The maximum atomic E-state index is 11.9. The van der Waals surface area contributed by atoms with E-state index >= 15 is 0 Å². The van der Waals surface area contributed by atoms with E-state index in [2.05, 4.69) is 4.98 Å². The highest BCUT2D eigenvalue weighted by Gasteiger charge is 2.15. The molecule has 0 bridgehead atoms. The van der Waals surface area contributed by atoms with Gasteiger partial charge in [0.05, 0.1) is 0 Å². The zero-order valence-corrected chi connectivity index (χ0v) is 10.9. The zero-order valence-electron chi connectivity index (χ0n) is 10.9. The number of rotatable bonds is 3. The number of hydrogen-bond donors (Lipinski definition) is 0. The SMILES string of the molecule is CC.CCN(CC)C(=O)c1ncccc1C. The number of carbonyl (C=O) groups is 1. The Kier molecular flexibility index (Phi) is 7.18. The summed E-state index contributed by atoms with van der Waals surface area (Å²) < 4.78 is 0. The van der Waals surface area contributed by atoms with Gasteiger partial charge < -0.3 is 4.90 Å². The molecule has 0 spiro atoms. The highest BCUT2D eigenvalue weighted by molar-refractivity contribution is 5.93. The van der Waals surface area contributed by atoms with Crippen LogP contribution in [-0.4, -0.2) is 28.9 Å². The van der Waals surface area contributed by atoms with Crippen LogP contribution in [0.15, 0.2) is 18.3 Å². The zero-order chi connectivity index (χ0) is 12.6. The fourth-order valence-corrected chi connectivity index (χ4v) is 1.37. The first-order valence-electron chi connectivity index (χ1n) is 5.91. The van der Waals surface area contributed by atoms with Crippen molar-refractivity contribution in [1.82, 2.24) is 9.88 Å². The van der Waals surface area contributed by atoms with E-state index in [9.17, 15) is 4.79 Å². The van der Waals surface area contributed by atoms with Gasteiger partial charge in [0.25, 0.3) is 5.91 Å². The summed E-state index contributed by atoms with van der Waals surface area (Å²) in [5.41, 5.74) is 1.50. The third kappa shape index (κ3) is 3.65. The summed E-state index contributed by atoms with van der Waals surface area (Å²) in [6.45, 7) is 11.3. The van der Waals surface area contributed by atoms with Crippen LogP contribution in [0, 0.1) is 6.92 Å². The Labute approximate surface area is 98.5 Å². The predicted octanol–water partition coefficient (Wildman–Crippen LogP) is 2.90. The van der Waals surface area contributed by atoms with E-state index in [1.54, 1.807) is 11.1 Å². The van der Waals surface area contributed by atoms with Crippen LogP contribution in [0.1, 0.15) is 43.7 Å². The van der Waals surface area contributed by atoms with Crippen LogP contribution < -0.4 is 0 Å². The third-order valence-corrected chi connectivity index (χ3v) is 2.26. The van der Waals surface area contributed by atoms with Crippen molar-refractivity contribution in [3.63, 3.8) is 0 Å². The molecule has 1 heterocycles. The van der Waals surface area contributed by atoms with Crippen LogP contribution in [0.5, 0.6) is 0 Å². The number of amides is 1. The Hall–Kier alpha value is -1.38. The summed E-state index contributed by atoms with van der Waals surface area (Å²) in [5.74, 6) is 0.0214. The molecule has 0 aliphatic carbocycles. The molecule has 16 heavy (non-hydrogen) atoms. The number of nitrogens with zero attached hydrogens (tertiary/aromatic N) is 2. The molecule has 0 fully saturated rings. The van der Waals surface area contributed by atoms with Crippen molar-refractivity contribution in [2.75, 3.05) is 13.1 Å². The van der Waals surface area contributed by atoms with Gasteiger partial charge in [-0.25, -0.2) is 0 Å². The molecule has 1 amide bonds. The van der Waals surface area contributed by atoms with Crippen molar-refractivity contribution in [1.29, 1.82) is 0 Å². The molecule has 3 heteroatoms. The molecular weight excluding hydrogens is 200 g/mol. The Bertz CT molecular complexity index is 319. The Balaban J connectivity index is 0.00000106. The highest BCUT2D eigenvalue weighted by Crippen LogP contribution is 2.06. The average Bonchev–Trinajstić information content (AvgIpc) is 2.33. The molecule has 0 radical (unpaired) electrons. The van der Waals surface area contributed by atoms with Gasteiger partial charge in [-0.2, -0.15) is 0 Å². The maximum absolute atomic E-state index is 11.9. The number of aryl methyl sites for hydroxylation is 1. The monoisotopic (exact) mass is 222 g/mol. The van der Waals surface area contributed by atoms with E-state index < -0.39 is 0 Å². The first kappa shape index (κ1) is 14.6. The van der Waals surface area contributed by atoms with Crippen molar-refractivity contribution in [2.45, 2.75) is 34.6 Å². The first-order valence-corrected chi connectivity index (χ1v) is 5.91. The lowest BCUT2D eigenvalue weighted by Gasteiger charge is -2.18. The van der Waals surface area contributed by atoms with Gasteiger partial charge in [-0.3, -0.25) is 9.78 Å². The van der Waals surface area contributed by atoms with E-state index in [-0.39, 0.29) is 5.91 Å². The van der Waals surface area contributed by atoms with Gasteiger partial charge in [0.2, 0.25) is 0 Å². The topological polar surface area (TPSA) is 33.2 Å². The van der Waals surface area contributed by atoms with Gasteiger partial charge in [0, 0.05) is 19.3 Å². The van der Waals surface area contributed by atoms with Crippen molar-refractivity contribution < 1.29 is 4.79 Å². The normalized spacial score (nSPS) is 9.06. The maximum Gasteiger partial charge on any atom is 0.272 e. The van der Waals surface area contributed by atoms with Crippen molar-refractivity contribution in [3.05, 3.63) is 29.6 Å². The van der Waals surface area contributed by atoms with Crippen LogP contribution in [0.4, 0.5) is 0 Å². The standard InChI is InChI=1S/C11H16N2O.C2H6/c1-4-13(5-2)11(14)10-9(3)7-6-8-12-10;1-2/h6-8H,4-5H2,1-3H3;1-2H3. The van der Waals surface area contributed by atoms with Gasteiger partial charge in [-0.15, -0.1) is 0 Å². The number of pyridine rings is 1. The van der Waals surface area contributed by atoms with Crippen LogP contribution in [-0.2, 0) is 0 Å². The Morgan fingerprint density at radius 3 is 2.31 bits per heavy atom. The molecule has 0 unspecified atom stereocenters. The number of carbonyl (C=O) groups excluding carboxylic acids is 1. The fourth-order valence-electron chi connectivity index (χ4n) is 1.37. The smallest absolute Gasteiger partial charge is 0.272 e. The second-order valence-corrected chi connectivity index (χ2v) is 3.15. The van der Waals surface area contributed by atoms with Gasteiger partial charge in [0.15, 0.2) is 0 Å². The van der Waals surface area contributed by atoms with Crippen LogP contribution >= 0.6 is 0 Å². The summed E-state index contributed by atoms with van der Waals surface area (Å²) in [6, 6.07) is 3.75. The van der Waals surface area contributed by atoms with E-state index in [4.69, 9.17) is 0 Å². The number of aromatic nitrogens is 1. The molecule has 1 aromatic rings. The van der Waals surface area contributed by atoms with Crippen molar-refractivity contribution in [2.24, 2.45) is 0 Å². The highest BCUT2D eigenvalue weighted by atomic mass is 16.2. The largest absolute Gasteiger partial charge is 0.338 e. The fraction of sp³-hybridized carbons (Fsp3) is 0.538. The second-order valence-electron chi connectivity index (χ2n) is 3.15. The average molecular weight is 222 g/mol. The molecule has 0 saturated carbocycles. The molecule has 3 nitrogen and oxygen atoms in total. The molecule has 0 N–H and O–H groups in total. The molecular formula is C13H22N2O. The third-order valence-electron chi connectivity index (χ3n) is 2.26. The van der Waals surface area contributed by atoms with Crippen molar-refractivity contribution >= 4 is 5.91 Å². The summed E-state index contributed by atoms with van der Waals surface area (Å²) in [4.78, 5) is 17.8. The number of hydrogen-bond acceptors (Lipinski definition) is 2. The van der Waals surface area contributed by atoms with E-state index in [0.29, 0.717) is 5.69 Å². The predicted molar refractivity (Wildman–Crippen MR) is 67.6 cm³/mol. The molecule has 1 aromatic heterocycles. The van der Waals surface area contributed by atoms with Crippen molar-refractivity contribution in [3.8, 4) is 0 Å². The summed E-state index contributed by atoms with van der Waals surface area (Å²) in [6.07, 6.45) is 1.66. The lowest BCUT2D eigenvalue weighted by Crippen LogP contribution is -2.31. The molecule has 1 rings (SSSR count). The van der Waals surface area contributed by atoms with E-state index in [1.807, 2.05) is 46.8 Å². The minimum atomic E-state index is 0.0214. The summed E-state index contributed by atoms with van der Waals surface area (Å²) >= 11 is 0. The lowest BCUT2D eigenvalue weighted by molar-refractivity contribution is 0.0766. The second kappa shape index (κ2) is 7.85. The van der Waals surface area contributed by atoms with Gasteiger partial charge in [0.1, 0.15) is 5.69 Å². The Morgan fingerprint density at radius 2 is 1.88 bits per heavy atom. The molecule has 0 saturated heterocycles. The quantitative estimate of drug-likeness (QED) is 0.788. The van der Waals surface area contributed by atoms with Gasteiger partial charge >= 0.3 is 0 Å². The molecule has 0 aromatic carbocycles. The molecule has 0 aliphatic rings. The van der Waals surface area contributed by atoms with Crippen LogP contribution in [0.3, 0.4) is 0 Å². The lowest BCUT2D eigenvalue weighted by atomic mass is 10.2. The molecule has 90 valence electrons. The van der Waals surface area contributed by atoms with Gasteiger partial charge in [-0.1, -0.05) is 19.9 Å². The summed E-state index contributed by atoms with van der Waals surface area (Å²) in [7, 11) is 0. The molecule has 0 aliphatic heterocycles. The Morgan fingerprint density at radius 1 is 1.31 bits per heavy atom. The van der Waals surface area contributed by atoms with E-state index in [0.717, 1.165) is 18.7 Å². The van der Waals surface area contributed by atoms with Crippen LogP contribution in [0.25, 0.3) is 0 Å². The molecule has 0 atom stereocenters. The minimum Gasteiger partial charge on any atom is -0.338 e. The van der Waals surface area contributed by atoms with Gasteiger partial charge in [-0.05, 0) is 32.4 Å². The first-order chi connectivity index (χ1) is 7.70. The van der Waals surface area contributed by atoms with E-state index in [1.165, 1.54) is 0 Å². The summed E-state index contributed by atoms with van der Waals surface area (Å²) in [5, 5.41) is 0. The van der Waals surface area contributed by atoms with Crippen LogP contribution in [0.2, 0.25) is 0 Å².